The van der Waals surface area contributed by atoms with Crippen LogP contribution in [0, 0.1) is 5.92 Å². The van der Waals surface area contributed by atoms with Gasteiger partial charge in [-0.15, -0.1) is 0 Å². The zero-order valence-corrected chi connectivity index (χ0v) is 14.2. The molecule has 2 aliphatic rings. The molecule has 2 fully saturated rings. The predicted octanol–water partition coefficient (Wildman–Crippen LogP) is -1.50. The van der Waals surface area contributed by atoms with Crippen molar-refractivity contribution in [1.82, 2.24) is 0 Å². The summed E-state index contributed by atoms with van der Waals surface area (Å²) in [6.07, 6.45) is -4.30. The molecule has 142 valence electrons. The highest BCUT2D eigenvalue weighted by Gasteiger charge is 2.47. The molecule has 5 atom stereocenters. The number of aliphatic hydroxyl groups excluding tert-OH is 5. The van der Waals surface area contributed by atoms with Crippen molar-refractivity contribution >= 4 is 0 Å². The van der Waals surface area contributed by atoms with Crippen LogP contribution in [0.15, 0.2) is 0 Å². The van der Waals surface area contributed by atoms with E-state index in [1.165, 1.54) is 0 Å². The highest BCUT2D eigenvalue weighted by atomic mass is 16.7. The van der Waals surface area contributed by atoms with E-state index in [2.05, 4.69) is 0 Å². The Balaban J connectivity index is 2.00. The average Bonchev–Trinajstić information content (AvgIpc) is 2.55. The molecule has 0 bridgehead atoms. The van der Waals surface area contributed by atoms with Crippen molar-refractivity contribution in [2.45, 2.75) is 81.4 Å². The van der Waals surface area contributed by atoms with Gasteiger partial charge in [-0.05, 0) is 45.4 Å². The van der Waals surface area contributed by atoms with Gasteiger partial charge in [0.15, 0.2) is 6.29 Å². The Morgan fingerprint density at radius 3 is 2.12 bits per heavy atom. The Hall–Kier alpha value is -0.320. The Bertz CT molecular complexity index is 405. The smallest absolute Gasteiger partial charge is 0.187 e. The fraction of sp³-hybridized carbons (Fsp3) is 1.00. The molecule has 0 spiro atoms. The highest BCUT2D eigenvalue weighted by Crippen LogP contribution is 2.40. The molecule has 5 unspecified atom stereocenters. The predicted molar refractivity (Wildman–Crippen MR) is 82.9 cm³/mol. The molecule has 0 aromatic heterocycles. The van der Waals surface area contributed by atoms with E-state index < -0.39 is 48.5 Å². The van der Waals surface area contributed by atoms with Gasteiger partial charge in [-0.2, -0.15) is 0 Å². The second kappa shape index (κ2) is 7.51. The van der Waals surface area contributed by atoms with Crippen molar-refractivity contribution in [2.75, 3.05) is 13.2 Å². The van der Waals surface area contributed by atoms with Gasteiger partial charge in [0.2, 0.25) is 0 Å². The Kier molecular flexibility index (Phi) is 6.26. The molecule has 2 rings (SSSR count). The molecule has 0 aromatic carbocycles. The maximum absolute atomic E-state index is 10.1. The van der Waals surface area contributed by atoms with Crippen LogP contribution in [-0.2, 0) is 9.47 Å². The van der Waals surface area contributed by atoms with E-state index in [4.69, 9.17) is 9.47 Å². The Morgan fingerprint density at radius 1 is 1.04 bits per heavy atom. The minimum Gasteiger partial charge on any atom is -0.394 e. The number of aliphatic hydroxyl groups is 6. The van der Waals surface area contributed by atoms with Crippen LogP contribution in [0.4, 0.5) is 0 Å². The summed E-state index contributed by atoms with van der Waals surface area (Å²) in [6, 6.07) is 0. The Labute approximate surface area is 141 Å². The standard InChI is InChI=1S/C16H30O8/c1-15(2,9-3-5-16(22,8-18)6-4-9)24-14-13(21)12(20)11(19)10(7-17)23-14/h9-14,17-22H,3-8H2,1-2H3. The third-order valence-corrected chi connectivity index (χ3v) is 5.46. The maximum Gasteiger partial charge on any atom is 0.187 e. The van der Waals surface area contributed by atoms with Crippen LogP contribution in [0.1, 0.15) is 39.5 Å². The lowest BCUT2D eigenvalue weighted by Crippen LogP contribution is -2.61. The number of rotatable bonds is 5. The molecular weight excluding hydrogens is 320 g/mol. The first-order chi connectivity index (χ1) is 11.1. The summed E-state index contributed by atoms with van der Waals surface area (Å²) in [4.78, 5) is 0. The van der Waals surface area contributed by atoms with Crippen LogP contribution in [0.5, 0.6) is 0 Å². The van der Waals surface area contributed by atoms with Crippen molar-refractivity contribution in [3.05, 3.63) is 0 Å². The van der Waals surface area contributed by atoms with Gasteiger partial charge in [0, 0.05) is 0 Å². The molecule has 1 saturated heterocycles. The summed E-state index contributed by atoms with van der Waals surface area (Å²) in [5, 5.41) is 58.3. The molecule has 0 radical (unpaired) electrons. The largest absolute Gasteiger partial charge is 0.394 e. The van der Waals surface area contributed by atoms with Gasteiger partial charge in [-0.3, -0.25) is 0 Å². The quantitative estimate of drug-likeness (QED) is 0.352. The van der Waals surface area contributed by atoms with Crippen LogP contribution in [0.25, 0.3) is 0 Å². The van der Waals surface area contributed by atoms with Crippen molar-refractivity contribution in [3.63, 3.8) is 0 Å². The van der Waals surface area contributed by atoms with Gasteiger partial charge < -0.3 is 40.1 Å². The molecular formula is C16H30O8. The molecule has 0 amide bonds. The summed E-state index contributed by atoms with van der Waals surface area (Å²) < 4.78 is 11.3. The summed E-state index contributed by atoms with van der Waals surface area (Å²) in [6.45, 7) is 2.90. The SMILES string of the molecule is CC(C)(OC1OC(CO)C(O)C(O)C1O)C1CCC(O)(CO)CC1. The van der Waals surface area contributed by atoms with Gasteiger partial charge in [-0.25, -0.2) is 0 Å². The van der Waals surface area contributed by atoms with Gasteiger partial charge >= 0.3 is 0 Å². The molecule has 0 aromatic rings. The van der Waals surface area contributed by atoms with Crippen LogP contribution < -0.4 is 0 Å². The molecule has 8 nitrogen and oxygen atoms in total. The highest BCUT2D eigenvalue weighted by molar-refractivity contribution is 4.94. The van der Waals surface area contributed by atoms with E-state index in [1.807, 2.05) is 13.8 Å². The lowest BCUT2D eigenvalue weighted by Gasteiger charge is -2.46. The summed E-state index contributed by atoms with van der Waals surface area (Å²) in [7, 11) is 0. The van der Waals surface area contributed by atoms with Gasteiger partial charge in [0.05, 0.1) is 24.4 Å². The molecule has 1 heterocycles. The summed E-state index contributed by atoms with van der Waals surface area (Å²) in [5.41, 5.74) is -1.76. The first-order valence-corrected chi connectivity index (χ1v) is 8.45. The van der Waals surface area contributed by atoms with Crippen molar-refractivity contribution in [3.8, 4) is 0 Å². The van der Waals surface area contributed by atoms with Crippen LogP contribution in [0.2, 0.25) is 0 Å². The molecule has 1 aliphatic heterocycles. The second-order valence-corrected chi connectivity index (χ2v) is 7.58. The van der Waals surface area contributed by atoms with Crippen molar-refractivity contribution in [2.24, 2.45) is 5.92 Å². The number of ether oxygens (including phenoxy) is 2. The van der Waals surface area contributed by atoms with Gasteiger partial charge in [-0.1, -0.05) is 0 Å². The van der Waals surface area contributed by atoms with E-state index in [-0.39, 0.29) is 12.5 Å². The third kappa shape index (κ3) is 4.08. The van der Waals surface area contributed by atoms with E-state index >= 15 is 0 Å². The van der Waals surface area contributed by atoms with Gasteiger partial charge in [0.1, 0.15) is 24.4 Å². The van der Waals surface area contributed by atoms with E-state index in [0.29, 0.717) is 25.7 Å². The molecule has 24 heavy (non-hydrogen) atoms. The zero-order valence-electron chi connectivity index (χ0n) is 14.2. The fourth-order valence-electron chi connectivity index (χ4n) is 3.57. The second-order valence-electron chi connectivity index (χ2n) is 7.58. The summed E-state index contributed by atoms with van der Waals surface area (Å²) >= 11 is 0. The van der Waals surface area contributed by atoms with E-state index in [0.717, 1.165) is 0 Å². The number of hydrogen-bond donors (Lipinski definition) is 6. The number of hydrogen-bond acceptors (Lipinski definition) is 8. The lowest BCUT2D eigenvalue weighted by molar-refractivity contribution is -0.330. The minimum absolute atomic E-state index is 0.0664. The van der Waals surface area contributed by atoms with Crippen molar-refractivity contribution in [1.29, 1.82) is 0 Å². The monoisotopic (exact) mass is 350 g/mol. The first kappa shape index (κ1) is 20.0. The van der Waals surface area contributed by atoms with Gasteiger partial charge in [0.25, 0.3) is 0 Å². The van der Waals surface area contributed by atoms with E-state index in [1.54, 1.807) is 0 Å². The normalized spacial score (nSPS) is 44.5. The fourth-order valence-corrected chi connectivity index (χ4v) is 3.57. The Morgan fingerprint density at radius 2 is 1.62 bits per heavy atom. The van der Waals surface area contributed by atoms with Crippen LogP contribution >= 0.6 is 0 Å². The minimum atomic E-state index is -1.47. The zero-order chi connectivity index (χ0) is 18.1. The average molecular weight is 350 g/mol. The van der Waals surface area contributed by atoms with E-state index in [9.17, 15) is 30.6 Å². The molecule has 6 N–H and O–H groups in total. The molecule has 1 aliphatic carbocycles. The first-order valence-electron chi connectivity index (χ1n) is 8.45. The molecule has 1 saturated carbocycles. The van der Waals surface area contributed by atoms with Crippen LogP contribution in [-0.4, -0.2) is 85.8 Å². The topological polar surface area (TPSA) is 140 Å². The third-order valence-electron chi connectivity index (χ3n) is 5.46. The van der Waals surface area contributed by atoms with Crippen LogP contribution in [0.3, 0.4) is 0 Å². The maximum atomic E-state index is 10.1. The lowest BCUT2D eigenvalue weighted by atomic mass is 9.73. The molecule has 8 heteroatoms. The van der Waals surface area contributed by atoms with Crippen molar-refractivity contribution < 1.29 is 40.1 Å². The summed E-state index contributed by atoms with van der Waals surface area (Å²) in [5.74, 6) is 0.0664.